The first kappa shape index (κ1) is 16.5. The molecule has 1 aromatic heterocycles. The van der Waals surface area contributed by atoms with Gasteiger partial charge in [0, 0.05) is 21.9 Å². The molecule has 2 heterocycles. The topological polar surface area (TPSA) is 41.1 Å². The van der Waals surface area contributed by atoms with E-state index in [4.69, 9.17) is 0 Å². The van der Waals surface area contributed by atoms with Crippen molar-refractivity contribution in [2.24, 2.45) is 0 Å². The summed E-state index contributed by atoms with van der Waals surface area (Å²) in [5.74, 6) is 1.04. The molecule has 25 heavy (non-hydrogen) atoms. The highest BCUT2D eigenvalue weighted by Crippen LogP contribution is 2.35. The zero-order chi connectivity index (χ0) is 17.1. The average molecular weight is 369 g/mol. The molecule has 0 spiro atoms. The van der Waals surface area contributed by atoms with Crippen LogP contribution in [0.5, 0.6) is 0 Å². The second kappa shape index (κ2) is 7.50. The summed E-state index contributed by atoms with van der Waals surface area (Å²) >= 11 is 3.63. The van der Waals surface area contributed by atoms with Crippen LogP contribution in [0.4, 0.5) is 4.79 Å². The van der Waals surface area contributed by atoms with Gasteiger partial charge in [0.15, 0.2) is 0 Å². The minimum atomic E-state index is -0.0776. The van der Waals surface area contributed by atoms with Crippen molar-refractivity contribution in [3.63, 3.8) is 0 Å². The molecule has 1 unspecified atom stereocenters. The molecule has 4 rings (SSSR count). The third kappa shape index (κ3) is 3.67. The summed E-state index contributed by atoms with van der Waals surface area (Å²) in [5.41, 5.74) is 2.54. The molecular formula is C20H20N2OS2. The molecule has 2 N–H and O–H groups in total. The fourth-order valence-electron chi connectivity index (χ4n) is 3.24. The highest BCUT2D eigenvalue weighted by Gasteiger charge is 2.21. The van der Waals surface area contributed by atoms with E-state index in [9.17, 15) is 4.79 Å². The van der Waals surface area contributed by atoms with E-state index < -0.39 is 0 Å². The fourth-order valence-corrected chi connectivity index (χ4v) is 5.36. The maximum atomic E-state index is 12.3. The van der Waals surface area contributed by atoms with Gasteiger partial charge in [-0.1, -0.05) is 36.4 Å². The minimum Gasteiger partial charge on any atom is -0.338 e. The number of urea groups is 1. The SMILES string of the molecule is O=C(NCCc1csc2ccccc12)NC1CCSc2ccccc21. The number of thioether (sulfide) groups is 1. The normalized spacial score (nSPS) is 16.4. The number of carbonyl (C=O) groups is 1. The minimum absolute atomic E-state index is 0.0776. The van der Waals surface area contributed by atoms with E-state index in [0.717, 1.165) is 18.6 Å². The molecule has 5 heteroatoms. The summed E-state index contributed by atoms with van der Waals surface area (Å²) in [6.07, 6.45) is 1.83. The molecule has 128 valence electrons. The van der Waals surface area contributed by atoms with E-state index in [1.807, 2.05) is 17.8 Å². The maximum absolute atomic E-state index is 12.3. The molecule has 0 saturated carbocycles. The summed E-state index contributed by atoms with van der Waals surface area (Å²) in [6.45, 7) is 0.648. The molecule has 1 aliphatic rings. The number of hydrogen-bond donors (Lipinski definition) is 2. The van der Waals surface area contributed by atoms with E-state index in [0.29, 0.717) is 6.54 Å². The third-order valence-electron chi connectivity index (χ3n) is 4.50. The predicted molar refractivity (Wildman–Crippen MR) is 107 cm³/mol. The largest absolute Gasteiger partial charge is 0.338 e. The molecule has 0 bridgehead atoms. The van der Waals surface area contributed by atoms with Crippen LogP contribution in [-0.2, 0) is 6.42 Å². The van der Waals surface area contributed by atoms with Gasteiger partial charge >= 0.3 is 6.03 Å². The van der Waals surface area contributed by atoms with Crippen molar-refractivity contribution in [3.8, 4) is 0 Å². The Morgan fingerprint density at radius 1 is 1.12 bits per heavy atom. The Bertz CT molecular complexity index is 890. The van der Waals surface area contributed by atoms with Crippen molar-refractivity contribution >= 4 is 39.2 Å². The standard InChI is InChI=1S/C20H20N2OS2/c23-20(22-17-10-12-24-19-8-4-2-6-16(17)19)21-11-9-14-13-25-18-7-3-1-5-15(14)18/h1-8,13,17H,9-12H2,(H2,21,22,23). The van der Waals surface area contributed by atoms with Gasteiger partial charge in [0.2, 0.25) is 0 Å². The second-order valence-electron chi connectivity index (χ2n) is 6.13. The van der Waals surface area contributed by atoms with Crippen LogP contribution < -0.4 is 10.6 Å². The molecular weight excluding hydrogens is 348 g/mol. The third-order valence-corrected chi connectivity index (χ3v) is 6.64. The van der Waals surface area contributed by atoms with Gasteiger partial charge in [-0.3, -0.25) is 0 Å². The monoisotopic (exact) mass is 368 g/mol. The van der Waals surface area contributed by atoms with Crippen molar-refractivity contribution in [1.82, 2.24) is 10.6 Å². The van der Waals surface area contributed by atoms with Gasteiger partial charge in [-0.05, 0) is 46.9 Å². The van der Waals surface area contributed by atoms with Gasteiger partial charge in [0.25, 0.3) is 0 Å². The van der Waals surface area contributed by atoms with Crippen LogP contribution in [0.3, 0.4) is 0 Å². The lowest BCUT2D eigenvalue weighted by Gasteiger charge is -2.25. The smallest absolute Gasteiger partial charge is 0.315 e. The highest BCUT2D eigenvalue weighted by atomic mass is 32.2. The van der Waals surface area contributed by atoms with E-state index in [-0.39, 0.29) is 12.1 Å². The van der Waals surface area contributed by atoms with Crippen LogP contribution in [-0.4, -0.2) is 18.3 Å². The Balaban J connectivity index is 1.33. The van der Waals surface area contributed by atoms with E-state index >= 15 is 0 Å². The lowest BCUT2D eigenvalue weighted by atomic mass is 10.0. The quantitative estimate of drug-likeness (QED) is 0.682. The lowest BCUT2D eigenvalue weighted by Crippen LogP contribution is -2.39. The molecule has 1 aliphatic heterocycles. The van der Waals surface area contributed by atoms with Crippen LogP contribution in [0.15, 0.2) is 58.8 Å². The molecule has 0 radical (unpaired) electrons. The predicted octanol–water partition coefficient (Wildman–Crippen LogP) is 4.98. The molecule has 0 aliphatic carbocycles. The van der Waals surface area contributed by atoms with E-state index in [1.54, 1.807) is 11.3 Å². The molecule has 1 atom stereocenters. The van der Waals surface area contributed by atoms with Crippen LogP contribution >= 0.6 is 23.1 Å². The molecule has 2 amide bonds. The summed E-state index contributed by atoms with van der Waals surface area (Å²) in [6, 6.07) is 16.8. The number of amides is 2. The Labute approximate surface area is 155 Å². The number of fused-ring (bicyclic) bond motifs is 2. The fraction of sp³-hybridized carbons (Fsp3) is 0.250. The first-order chi connectivity index (χ1) is 12.3. The van der Waals surface area contributed by atoms with Gasteiger partial charge in [-0.15, -0.1) is 23.1 Å². The summed E-state index contributed by atoms with van der Waals surface area (Å²) in [4.78, 5) is 13.6. The summed E-state index contributed by atoms with van der Waals surface area (Å²) in [7, 11) is 0. The van der Waals surface area contributed by atoms with Gasteiger partial charge < -0.3 is 10.6 Å². The average Bonchev–Trinajstić information content (AvgIpc) is 3.05. The number of benzene rings is 2. The Kier molecular flexibility index (Phi) is 4.95. The van der Waals surface area contributed by atoms with Crippen LogP contribution in [0.1, 0.15) is 23.6 Å². The number of rotatable bonds is 4. The molecule has 3 nitrogen and oxygen atoms in total. The zero-order valence-electron chi connectivity index (χ0n) is 13.8. The maximum Gasteiger partial charge on any atom is 0.315 e. The first-order valence-electron chi connectivity index (χ1n) is 8.52. The number of thiophene rings is 1. The Morgan fingerprint density at radius 2 is 1.96 bits per heavy atom. The molecule has 0 saturated heterocycles. The summed E-state index contributed by atoms with van der Waals surface area (Å²) in [5, 5.41) is 9.64. The molecule has 0 fully saturated rings. The number of carbonyl (C=O) groups excluding carboxylic acids is 1. The van der Waals surface area contributed by atoms with Gasteiger partial charge in [0.1, 0.15) is 0 Å². The zero-order valence-corrected chi connectivity index (χ0v) is 15.5. The first-order valence-corrected chi connectivity index (χ1v) is 10.4. The van der Waals surface area contributed by atoms with Gasteiger partial charge in [0.05, 0.1) is 6.04 Å². The Hall–Kier alpha value is -1.98. The van der Waals surface area contributed by atoms with Crippen LogP contribution in [0, 0.1) is 0 Å². The Morgan fingerprint density at radius 3 is 2.92 bits per heavy atom. The van der Waals surface area contributed by atoms with Gasteiger partial charge in [-0.25, -0.2) is 4.79 Å². The van der Waals surface area contributed by atoms with Crippen molar-refractivity contribution in [2.75, 3.05) is 12.3 Å². The second-order valence-corrected chi connectivity index (χ2v) is 8.18. The van der Waals surface area contributed by atoms with Crippen molar-refractivity contribution < 1.29 is 4.79 Å². The summed E-state index contributed by atoms with van der Waals surface area (Å²) < 4.78 is 1.30. The molecule has 3 aromatic rings. The number of nitrogens with one attached hydrogen (secondary N) is 2. The number of hydrogen-bond acceptors (Lipinski definition) is 3. The highest BCUT2D eigenvalue weighted by molar-refractivity contribution is 7.99. The van der Waals surface area contributed by atoms with Crippen LogP contribution in [0.25, 0.3) is 10.1 Å². The van der Waals surface area contributed by atoms with Crippen LogP contribution in [0.2, 0.25) is 0 Å². The van der Waals surface area contributed by atoms with E-state index in [2.05, 4.69) is 58.5 Å². The van der Waals surface area contributed by atoms with E-state index in [1.165, 1.54) is 26.1 Å². The van der Waals surface area contributed by atoms with Gasteiger partial charge in [-0.2, -0.15) is 0 Å². The lowest BCUT2D eigenvalue weighted by molar-refractivity contribution is 0.236. The van der Waals surface area contributed by atoms with Crippen molar-refractivity contribution in [3.05, 3.63) is 65.0 Å². The van der Waals surface area contributed by atoms with Crippen molar-refractivity contribution in [2.45, 2.75) is 23.8 Å². The van der Waals surface area contributed by atoms with Crippen molar-refractivity contribution in [1.29, 1.82) is 0 Å². The molecule has 2 aromatic carbocycles.